The molecule has 4 heteroatoms. The Bertz CT molecular complexity index is 779. The Morgan fingerprint density at radius 2 is 1.75 bits per heavy atom. The van der Waals surface area contributed by atoms with Crippen LogP contribution in [0.5, 0.6) is 0 Å². The quantitative estimate of drug-likeness (QED) is 0.645. The van der Waals surface area contributed by atoms with E-state index in [2.05, 4.69) is 15.9 Å². The van der Waals surface area contributed by atoms with Crippen molar-refractivity contribution in [1.82, 2.24) is 4.57 Å². The van der Waals surface area contributed by atoms with Gasteiger partial charge in [-0.05, 0) is 40.2 Å². The zero-order valence-electron chi connectivity index (χ0n) is 11.0. The van der Waals surface area contributed by atoms with Crippen LogP contribution in [0.2, 0.25) is 0 Å². The molecule has 2 aromatic carbocycles. The normalized spacial score (nSPS) is 10.7. The highest BCUT2D eigenvalue weighted by Gasteiger charge is 2.16. The molecule has 20 heavy (non-hydrogen) atoms. The molecule has 3 rings (SSSR count). The molecule has 0 saturated heterocycles. The standard InChI is InChI=1S/C16H13BrN2O/c1-18(15-9-5-3-7-13(15)17)16(20)19-11-10-12-6-2-4-8-14(12)19/h2-11H,1H3. The number of carbonyl (C=O) groups is 1. The first-order chi connectivity index (χ1) is 9.68. The lowest BCUT2D eigenvalue weighted by molar-refractivity contribution is 0.249. The van der Waals surface area contributed by atoms with Crippen LogP contribution in [0.4, 0.5) is 10.5 Å². The van der Waals surface area contributed by atoms with Crippen LogP contribution < -0.4 is 4.90 Å². The number of benzene rings is 2. The summed E-state index contributed by atoms with van der Waals surface area (Å²) in [7, 11) is 1.78. The largest absolute Gasteiger partial charge is 0.332 e. The van der Waals surface area contributed by atoms with Crippen LogP contribution in [-0.4, -0.2) is 17.6 Å². The highest BCUT2D eigenvalue weighted by Crippen LogP contribution is 2.26. The van der Waals surface area contributed by atoms with Crippen molar-refractivity contribution >= 4 is 38.6 Å². The molecule has 0 spiro atoms. The Labute approximate surface area is 125 Å². The number of rotatable bonds is 1. The van der Waals surface area contributed by atoms with E-state index in [0.717, 1.165) is 21.1 Å². The molecule has 1 heterocycles. The van der Waals surface area contributed by atoms with Gasteiger partial charge in [0.2, 0.25) is 0 Å². The number of para-hydroxylation sites is 2. The lowest BCUT2D eigenvalue weighted by Gasteiger charge is -2.19. The number of halogens is 1. The Morgan fingerprint density at radius 1 is 1.05 bits per heavy atom. The summed E-state index contributed by atoms with van der Waals surface area (Å²) in [6, 6.07) is 17.4. The predicted octanol–water partition coefficient (Wildman–Crippen LogP) is 4.51. The monoisotopic (exact) mass is 328 g/mol. The van der Waals surface area contributed by atoms with Crippen molar-refractivity contribution in [3.8, 4) is 0 Å². The molecule has 1 aromatic heterocycles. The molecule has 3 aromatic rings. The third-order valence-electron chi connectivity index (χ3n) is 3.31. The van der Waals surface area contributed by atoms with E-state index in [-0.39, 0.29) is 6.03 Å². The van der Waals surface area contributed by atoms with Gasteiger partial charge in [0, 0.05) is 23.1 Å². The molecule has 0 unspecified atom stereocenters. The molecule has 3 nitrogen and oxygen atoms in total. The first-order valence-corrected chi connectivity index (χ1v) is 7.06. The molecule has 0 N–H and O–H groups in total. The summed E-state index contributed by atoms with van der Waals surface area (Å²) in [5.41, 5.74) is 1.76. The van der Waals surface area contributed by atoms with E-state index in [1.165, 1.54) is 0 Å². The number of nitrogens with zero attached hydrogens (tertiary/aromatic N) is 2. The highest BCUT2D eigenvalue weighted by atomic mass is 79.9. The zero-order chi connectivity index (χ0) is 14.1. The van der Waals surface area contributed by atoms with E-state index in [0.29, 0.717) is 0 Å². The van der Waals surface area contributed by atoms with E-state index in [1.54, 1.807) is 22.7 Å². The van der Waals surface area contributed by atoms with Gasteiger partial charge in [0.25, 0.3) is 0 Å². The van der Waals surface area contributed by atoms with Gasteiger partial charge in [0.15, 0.2) is 0 Å². The maximum Gasteiger partial charge on any atom is 0.332 e. The molecular weight excluding hydrogens is 316 g/mol. The number of anilines is 1. The number of aromatic nitrogens is 1. The lowest BCUT2D eigenvalue weighted by Crippen LogP contribution is -2.30. The molecule has 1 amide bonds. The number of hydrogen-bond donors (Lipinski definition) is 0. The first kappa shape index (κ1) is 12.9. The second kappa shape index (κ2) is 5.13. The predicted molar refractivity (Wildman–Crippen MR) is 85.3 cm³/mol. The first-order valence-electron chi connectivity index (χ1n) is 6.27. The zero-order valence-corrected chi connectivity index (χ0v) is 12.5. The molecule has 0 fully saturated rings. The minimum Gasteiger partial charge on any atom is -0.296 e. The molecular formula is C16H13BrN2O. The maximum atomic E-state index is 12.6. The second-order valence-corrected chi connectivity index (χ2v) is 5.39. The second-order valence-electron chi connectivity index (χ2n) is 4.54. The summed E-state index contributed by atoms with van der Waals surface area (Å²) >= 11 is 3.48. The van der Waals surface area contributed by atoms with Gasteiger partial charge in [-0.3, -0.25) is 9.47 Å². The molecule has 0 aliphatic carbocycles. The molecule has 0 atom stereocenters. The summed E-state index contributed by atoms with van der Waals surface area (Å²) in [5.74, 6) is 0. The van der Waals surface area contributed by atoms with Crippen LogP contribution in [0.3, 0.4) is 0 Å². The fourth-order valence-corrected chi connectivity index (χ4v) is 2.79. The molecule has 0 aliphatic heterocycles. The Kier molecular flexibility index (Phi) is 3.32. The van der Waals surface area contributed by atoms with Crippen molar-refractivity contribution in [1.29, 1.82) is 0 Å². The molecule has 0 bridgehead atoms. The van der Waals surface area contributed by atoms with Crippen molar-refractivity contribution in [3.63, 3.8) is 0 Å². The summed E-state index contributed by atoms with van der Waals surface area (Å²) < 4.78 is 2.56. The van der Waals surface area contributed by atoms with E-state index < -0.39 is 0 Å². The third-order valence-corrected chi connectivity index (χ3v) is 3.98. The average Bonchev–Trinajstić information content (AvgIpc) is 2.90. The minimum atomic E-state index is -0.0851. The summed E-state index contributed by atoms with van der Waals surface area (Å²) in [6.07, 6.45) is 1.81. The van der Waals surface area contributed by atoms with Crippen molar-refractivity contribution in [2.45, 2.75) is 0 Å². The minimum absolute atomic E-state index is 0.0851. The van der Waals surface area contributed by atoms with Crippen LogP contribution in [0.25, 0.3) is 10.9 Å². The maximum absolute atomic E-state index is 12.6. The fraction of sp³-hybridized carbons (Fsp3) is 0.0625. The van der Waals surface area contributed by atoms with Crippen molar-refractivity contribution in [2.24, 2.45) is 0 Å². The highest BCUT2D eigenvalue weighted by molar-refractivity contribution is 9.10. The number of fused-ring (bicyclic) bond motifs is 1. The summed E-state index contributed by atoms with van der Waals surface area (Å²) in [5, 5.41) is 1.06. The summed E-state index contributed by atoms with van der Waals surface area (Å²) in [6.45, 7) is 0. The van der Waals surface area contributed by atoms with Gasteiger partial charge in [-0.1, -0.05) is 30.3 Å². The van der Waals surface area contributed by atoms with Crippen molar-refractivity contribution in [3.05, 3.63) is 65.3 Å². The van der Waals surface area contributed by atoms with E-state index in [1.807, 2.05) is 54.6 Å². The number of amides is 1. The van der Waals surface area contributed by atoms with Gasteiger partial charge in [-0.25, -0.2) is 4.79 Å². The SMILES string of the molecule is CN(C(=O)n1ccc2ccccc21)c1ccccc1Br. The number of hydrogen-bond acceptors (Lipinski definition) is 1. The Hall–Kier alpha value is -2.07. The third kappa shape index (κ3) is 2.12. The van der Waals surface area contributed by atoms with Crippen LogP contribution in [0.15, 0.2) is 65.3 Å². The topological polar surface area (TPSA) is 25.2 Å². The van der Waals surface area contributed by atoms with Crippen LogP contribution >= 0.6 is 15.9 Å². The average molecular weight is 329 g/mol. The van der Waals surface area contributed by atoms with Gasteiger partial charge in [-0.2, -0.15) is 0 Å². The Morgan fingerprint density at radius 3 is 2.55 bits per heavy atom. The Balaban J connectivity index is 2.03. The summed E-state index contributed by atoms with van der Waals surface area (Å²) in [4.78, 5) is 14.3. The number of carbonyl (C=O) groups excluding carboxylic acids is 1. The van der Waals surface area contributed by atoms with Gasteiger partial charge >= 0.3 is 6.03 Å². The van der Waals surface area contributed by atoms with Gasteiger partial charge in [0.1, 0.15) is 0 Å². The molecule has 100 valence electrons. The van der Waals surface area contributed by atoms with Gasteiger partial charge in [-0.15, -0.1) is 0 Å². The van der Waals surface area contributed by atoms with E-state index in [9.17, 15) is 4.79 Å². The van der Waals surface area contributed by atoms with Crippen LogP contribution in [-0.2, 0) is 0 Å². The van der Waals surface area contributed by atoms with Crippen molar-refractivity contribution in [2.75, 3.05) is 11.9 Å². The van der Waals surface area contributed by atoms with Crippen LogP contribution in [0, 0.1) is 0 Å². The van der Waals surface area contributed by atoms with Crippen LogP contribution in [0.1, 0.15) is 0 Å². The van der Waals surface area contributed by atoms with E-state index in [4.69, 9.17) is 0 Å². The van der Waals surface area contributed by atoms with Gasteiger partial charge in [0.05, 0.1) is 11.2 Å². The van der Waals surface area contributed by atoms with Crippen molar-refractivity contribution < 1.29 is 4.79 Å². The molecule has 0 saturated carbocycles. The lowest BCUT2D eigenvalue weighted by atomic mass is 10.2. The smallest absolute Gasteiger partial charge is 0.296 e. The fourth-order valence-electron chi connectivity index (χ4n) is 2.24. The molecule has 0 radical (unpaired) electrons. The van der Waals surface area contributed by atoms with Gasteiger partial charge < -0.3 is 0 Å². The van der Waals surface area contributed by atoms with E-state index >= 15 is 0 Å². The molecule has 0 aliphatic rings.